The van der Waals surface area contributed by atoms with E-state index in [0.717, 1.165) is 24.1 Å². The molecule has 0 bridgehead atoms. The van der Waals surface area contributed by atoms with Gasteiger partial charge in [0, 0.05) is 29.3 Å². The number of Topliss-reactive ketones (excluding diaryl/α,β-unsaturated/α-hetero) is 1. The number of carbonyl (C=O) groups excluding carboxylic acids is 2. The fourth-order valence-corrected chi connectivity index (χ4v) is 5.06. The zero-order valence-electron chi connectivity index (χ0n) is 21.2. The lowest BCUT2D eigenvalue weighted by molar-refractivity contribution is -0.139. The molecular formula is C29H32FNO5. The number of halogens is 1. The largest absolute Gasteiger partial charge is 0.493 e. The molecule has 0 unspecified atom stereocenters. The van der Waals surface area contributed by atoms with E-state index >= 15 is 0 Å². The Morgan fingerprint density at radius 3 is 2.53 bits per heavy atom. The fourth-order valence-electron chi connectivity index (χ4n) is 5.06. The van der Waals surface area contributed by atoms with Crippen LogP contribution in [-0.2, 0) is 14.3 Å². The van der Waals surface area contributed by atoms with Gasteiger partial charge in [0.25, 0.3) is 0 Å². The highest BCUT2D eigenvalue weighted by molar-refractivity contribution is 6.04. The number of rotatable bonds is 8. The van der Waals surface area contributed by atoms with Crippen molar-refractivity contribution in [2.45, 2.75) is 51.4 Å². The van der Waals surface area contributed by atoms with E-state index in [2.05, 4.69) is 5.32 Å². The zero-order chi connectivity index (χ0) is 25.8. The summed E-state index contributed by atoms with van der Waals surface area (Å²) in [7, 11) is 3.16. The highest BCUT2D eigenvalue weighted by atomic mass is 19.1. The molecule has 2 atom stereocenters. The molecule has 2 aliphatic rings. The Kier molecular flexibility index (Phi) is 7.77. The lowest BCUT2D eigenvalue weighted by Crippen LogP contribution is -2.36. The van der Waals surface area contributed by atoms with E-state index in [4.69, 9.17) is 14.2 Å². The van der Waals surface area contributed by atoms with Crippen molar-refractivity contribution in [1.82, 2.24) is 5.32 Å². The molecular weight excluding hydrogens is 461 g/mol. The van der Waals surface area contributed by atoms with E-state index in [1.54, 1.807) is 33.3 Å². The molecule has 0 aromatic heterocycles. The molecule has 0 spiro atoms. The Morgan fingerprint density at radius 1 is 1.06 bits per heavy atom. The van der Waals surface area contributed by atoms with Crippen molar-refractivity contribution in [2.75, 3.05) is 20.8 Å². The standard InChI is InChI=1S/C29H32FNO5/c1-5-6-12-36-29(33)26-17(2)31-22-14-20(18-10-11-24(34-3)25(16-18)35-4)15-23(32)28(22)27(26)19-8-7-9-21(30)13-19/h7-11,13,16,20,27,31H,5-6,12,14-15H2,1-4H3/t20-,27+/m1/s1. The summed E-state index contributed by atoms with van der Waals surface area (Å²) in [5.74, 6) is -0.531. The van der Waals surface area contributed by atoms with Gasteiger partial charge in [0.15, 0.2) is 17.3 Å². The Balaban J connectivity index is 1.74. The number of methoxy groups -OCH3 is 2. The predicted molar refractivity (Wildman–Crippen MR) is 134 cm³/mol. The number of unbranched alkanes of at least 4 members (excludes halogenated alkanes) is 1. The molecule has 6 nitrogen and oxygen atoms in total. The van der Waals surface area contributed by atoms with Crippen LogP contribution < -0.4 is 14.8 Å². The van der Waals surface area contributed by atoms with Crippen molar-refractivity contribution in [3.05, 3.63) is 81.9 Å². The minimum Gasteiger partial charge on any atom is -0.493 e. The highest BCUT2D eigenvalue weighted by Gasteiger charge is 2.41. The van der Waals surface area contributed by atoms with Crippen LogP contribution in [0, 0.1) is 5.82 Å². The summed E-state index contributed by atoms with van der Waals surface area (Å²) < 4.78 is 30.6. The third-order valence-electron chi connectivity index (χ3n) is 6.84. The van der Waals surface area contributed by atoms with Crippen LogP contribution in [0.3, 0.4) is 0 Å². The van der Waals surface area contributed by atoms with E-state index < -0.39 is 17.7 Å². The number of hydrogen-bond donors (Lipinski definition) is 1. The van der Waals surface area contributed by atoms with Gasteiger partial charge in [-0.25, -0.2) is 9.18 Å². The molecule has 0 saturated heterocycles. The van der Waals surface area contributed by atoms with Gasteiger partial charge in [-0.2, -0.15) is 0 Å². The SMILES string of the molecule is CCCCOC(=O)C1=C(C)NC2=C(C(=O)C[C@H](c3ccc(OC)c(OC)c3)C2)[C@H]1c1cccc(F)c1. The number of ether oxygens (including phenoxy) is 3. The van der Waals surface area contributed by atoms with Crippen molar-refractivity contribution in [3.63, 3.8) is 0 Å². The molecule has 7 heteroatoms. The lowest BCUT2D eigenvalue weighted by Gasteiger charge is -2.36. The van der Waals surface area contributed by atoms with Gasteiger partial charge in [-0.1, -0.05) is 31.5 Å². The maximum atomic E-state index is 14.3. The van der Waals surface area contributed by atoms with Crippen LogP contribution in [0.1, 0.15) is 62.5 Å². The smallest absolute Gasteiger partial charge is 0.336 e. The molecule has 0 radical (unpaired) electrons. The molecule has 190 valence electrons. The predicted octanol–water partition coefficient (Wildman–Crippen LogP) is 5.55. The third kappa shape index (κ3) is 5.01. The number of allylic oxidation sites excluding steroid dienone is 3. The average Bonchev–Trinajstić information content (AvgIpc) is 2.87. The second kappa shape index (κ2) is 11.0. The first kappa shape index (κ1) is 25.5. The summed E-state index contributed by atoms with van der Waals surface area (Å²) in [4.78, 5) is 26.8. The van der Waals surface area contributed by atoms with Crippen LogP contribution in [0.2, 0.25) is 0 Å². The quantitative estimate of drug-likeness (QED) is 0.384. The molecule has 0 saturated carbocycles. The van der Waals surface area contributed by atoms with Gasteiger partial charge in [0.05, 0.1) is 26.4 Å². The van der Waals surface area contributed by atoms with Gasteiger partial charge in [-0.05, 0) is 61.1 Å². The first-order chi connectivity index (χ1) is 17.4. The van der Waals surface area contributed by atoms with E-state index in [9.17, 15) is 14.0 Å². The van der Waals surface area contributed by atoms with Crippen molar-refractivity contribution in [1.29, 1.82) is 0 Å². The molecule has 36 heavy (non-hydrogen) atoms. The monoisotopic (exact) mass is 493 g/mol. The second-order valence-corrected chi connectivity index (χ2v) is 9.18. The molecule has 2 aromatic carbocycles. The number of hydrogen-bond acceptors (Lipinski definition) is 6. The first-order valence-corrected chi connectivity index (χ1v) is 12.3. The molecule has 1 heterocycles. The van der Waals surface area contributed by atoms with Crippen molar-refractivity contribution >= 4 is 11.8 Å². The summed E-state index contributed by atoms with van der Waals surface area (Å²) in [6.45, 7) is 4.11. The Labute approximate surface area is 211 Å². The van der Waals surface area contributed by atoms with Crippen LogP contribution >= 0.6 is 0 Å². The Morgan fingerprint density at radius 2 is 1.83 bits per heavy atom. The topological polar surface area (TPSA) is 73.9 Å². The van der Waals surface area contributed by atoms with E-state index in [1.165, 1.54) is 12.1 Å². The molecule has 1 N–H and O–H groups in total. The van der Waals surface area contributed by atoms with Gasteiger partial charge < -0.3 is 19.5 Å². The van der Waals surface area contributed by atoms with E-state index in [1.807, 2.05) is 25.1 Å². The number of ketones is 1. The Hall–Kier alpha value is -3.61. The minimum atomic E-state index is -0.690. The van der Waals surface area contributed by atoms with Crippen molar-refractivity contribution < 1.29 is 28.2 Å². The second-order valence-electron chi connectivity index (χ2n) is 9.18. The number of dihydropyridines is 1. The molecule has 1 aliphatic carbocycles. The fraction of sp³-hybridized carbons (Fsp3) is 0.379. The molecule has 1 aliphatic heterocycles. The summed E-state index contributed by atoms with van der Waals surface area (Å²) in [6.07, 6.45) is 2.47. The summed E-state index contributed by atoms with van der Waals surface area (Å²) >= 11 is 0. The lowest BCUT2D eigenvalue weighted by atomic mass is 9.71. The normalized spacial score (nSPS) is 19.5. The summed E-state index contributed by atoms with van der Waals surface area (Å²) in [6, 6.07) is 11.8. The van der Waals surface area contributed by atoms with Gasteiger partial charge in [-0.15, -0.1) is 0 Å². The van der Waals surface area contributed by atoms with Crippen molar-refractivity contribution in [2.24, 2.45) is 0 Å². The number of nitrogens with one attached hydrogen (secondary N) is 1. The van der Waals surface area contributed by atoms with Crippen LogP contribution in [0.4, 0.5) is 4.39 Å². The number of carbonyl (C=O) groups is 2. The van der Waals surface area contributed by atoms with Crippen LogP contribution in [0.5, 0.6) is 11.5 Å². The molecule has 0 fully saturated rings. The summed E-state index contributed by atoms with van der Waals surface area (Å²) in [5, 5.41) is 3.32. The molecule has 0 amide bonds. The Bertz CT molecular complexity index is 1230. The average molecular weight is 494 g/mol. The van der Waals surface area contributed by atoms with Crippen LogP contribution in [-0.4, -0.2) is 32.6 Å². The maximum Gasteiger partial charge on any atom is 0.336 e. The van der Waals surface area contributed by atoms with Gasteiger partial charge in [0.2, 0.25) is 0 Å². The molecule has 4 rings (SSSR count). The third-order valence-corrected chi connectivity index (χ3v) is 6.84. The summed E-state index contributed by atoms with van der Waals surface area (Å²) in [5.41, 5.74) is 3.75. The molecule has 2 aromatic rings. The van der Waals surface area contributed by atoms with Gasteiger partial charge in [0.1, 0.15) is 5.82 Å². The van der Waals surface area contributed by atoms with Crippen molar-refractivity contribution in [3.8, 4) is 11.5 Å². The maximum absolute atomic E-state index is 14.3. The van der Waals surface area contributed by atoms with Crippen LogP contribution in [0.25, 0.3) is 0 Å². The van der Waals surface area contributed by atoms with E-state index in [-0.39, 0.29) is 18.1 Å². The first-order valence-electron chi connectivity index (χ1n) is 12.3. The number of esters is 1. The van der Waals surface area contributed by atoms with Gasteiger partial charge >= 0.3 is 5.97 Å². The van der Waals surface area contributed by atoms with E-state index in [0.29, 0.717) is 46.9 Å². The van der Waals surface area contributed by atoms with Crippen LogP contribution in [0.15, 0.2) is 65.0 Å². The minimum absolute atomic E-state index is 0.0795. The number of benzene rings is 2. The highest BCUT2D eigenvalue weighted by Crippen LogP contribution is 2.46. The zero-order valence-corrected chi connectivity index (χ0v) is 21.2. The van der Waals surface area contributed by atoms with Gasteiger partial charge in [-0.3, -0.25) is 4.79 Å².